The second-order valence-electron chi connectivity index (χ2n) is 9.22. The lowest BCUT2D eigenvalue weighted by Crippen LogP contribution is -2.54. The number of halogens is 3. The highest BCUT2D eigenvalue weighted by Crippen LogP contribution is 2.42. The molecule has 2 aromatic carbocycles. The van der Waals surface area contributed by atoms with Crippen LogP contribution in [0.1, 0.15) is 35.6 Å². The lowest BCUT2D eigenvalue weighted by atomic mass is 9.73. The van der Waals surface area contributed by atoms with Crippen LogP contribution in [-0.4, -0.2) is 41.2 Å². The van der Waals surface area contributed by atoms with Gasteiger partial charge in [0, 0.05) is 24.2 Å². The Morgan fingerprint density at radius 1 is 1.18 bits per heavy atom. The maximum atomic E-state index is 13.0. The number of aliphatic hydroxyl groups is 1. The number of aliphatic hydroxyl groups excluding tert-OH is 1. The highest BCUT2D eigenvalue weighted by atomic mass is 19.4. The van der Waals surface area contributed by atoms with Crippen molar-refractivity contribution in [2.75, 3.05) is 20.2 Å². The summed E-state index contributed by atoms with van der Waals surface area (Å²) in [7, 11) is 1.62. The fourth-order valence-corrected chi connectivity index (χ4v) is 5.45. The molecule has 5 atom stereocenters. The van der Waals surface area contributed by atoms with Crippen molar-refractivity contribution >= 4 is 17.0 Å². The Hall–Kier alpha value is -2.90. The molecular weight excluding hydrogens is 441 g/mol. The third-order valence-corrected chi connectivity index (χ3v) is 7.27. The van der Waals surface area contributed by atoms with Crippen LogP contribution in [-0.2, 0) is 6.18 Å². The monoisotopic (exact) mass is 468 g/mol. The molecule has 3 aliphatic rings. The smallest absolute Gasteiger partial charge is 0.416 e. The zero-order valence-electron chi connectivity index (χ0n) is 18.9. The Morgan fingerprint density at radius 3 is 2.76 bits per heavy atom. The van der Waals surface area contributed by atoms with Crippen LogP contribution in [0.2, 0.25) is 0 Å². The topological polar surface area (TPSA) is 45.6 Å². The van der Waals surface area contributed by atoms with E-state index in [1.807, 2.05) is 30.3 Å². The molecule has 6 rings (SSSR count). The first kappa shape index (κ1) is 22.9. The van der Waals surface area contributed by atoms with Gasteiger partial charge in [0.05, 0.1) is 24.3 Å². The molecule has 34 heavy (non-hydrogen) atoms. The molecule has 1 aromatic heterocycles. The number of ether oxygens (including phenoxy) is 1. The third kappa shape index (κ3) is 4.42. The average molecular weight is 469 g/mol. The Kier molecular flexibility index (Phi) is 6.08. The molecule has 178 valence electrons. The van der Waals surface area contributed by atoms with Crippen molar-refractivity contribution in [3.63, 3.8) is 0 Å². The summed E-state index contributed by atoms with van der Waals surface area (Å²) in [5.74, 6) is 1.36. The quantitative estimate of drug-likeness (QED) is 0.520. The number of hydrogen-bond donors (Lipinski definition) is 1. The van der Waals surface area contributed by atoms with Gasteiger partial charge in [0.1, 0.15) is 5.75 Å². The van der Waals surface area contributed by atoms with Crippen molar-refractivity contribution in [3.05, 3.63) is 77.5 Å². The van der Waals surface area contributed by atoms with Gasteiger partial charge >= 0.3 is 6.18 Å². The molecule has 0 radical (unpaired) electrons. The van der Waals surface area contributed by atoms with Gasteiger partial charge in [-0.3, -0.25) is 9.88 Å². The van der Waals surface area contributed by atoms with Crippen molar-refractivity contribution in [1.29, 1.82) is 0 Å². The highest BCUT2D eigenvalue weighted by molar-refractivity contribution is 5.84. The number of alkyl halides is 3. The predicted octanol–water partition coefficient (Wildman–Crippen LogP) is 5.72. The van der Waals surface area contributed by atoms with Crippen LogP contribution in [0, 0.1) is 11.8 Å². The van der Waals surface area contributed by atoms with Gasteiger partial charge in [-0.1, -0.05) is 24.3 Å². The van der Waals surface area contributed by atoms with Crippen molar-refractivity contribution in [2.45, 2.75) is 31.2 Å². The maximum absolute atomic E-state index is 13.0. The summed E-state index contributed by atoms with van der Waals surface area (Å²) in [4.78, 5) is 6.74. The number of rotatable bonds is 5. The van der Waals surface area contributed by atoms with Gasteiger partial charge in [0.15, 0.2) is 0 Å². The molecule has 0 saturated carbocycles. The van der Waals surface area contributed by atoms with E-state index in [-0.39, 0.29) is 12.0 Å². The van der Waals surface area contributed by atoms with Gasteiger partial charge < -0.3 is 9.84 Å². The van der Waals surface area contributed by atoms with Gasteiger partial charge in [-0.15, -0.1) is 0 Å². The summed E-state index contributed by atoms with van der Waals surface area (Å²) in [5, 5.41) is 12.3. The van der Waals surface area contributed by atoms with Crippen LogP contribution in [0.5, 0.6) is 5.75 Å². The molecule has 3 aromatic rings. The molecule has 3 aliphatic heterocycles. The normalized spacial score (nSPS) is 25.7. The standard InChI is InChI=1S/C27H27F3N2O2/c1-34-21-7-8-24-23(15-21)22(9-11-31-24)26(33)25-14-18-10-12-32(25)16-19(18)6-5-17-3-2-4-20(13-17)27(28,29)30/h2-9,11,13,15,18-19,25-26,33H,10,12,14,16H2,1H3/b6-5+/t18-,19-,25+,26-/m0/s1. The molecule has 0 aliphatic carbocycles. The molecular formula is C27H27F3N2O2. The zero-order valence-corrected chi connectivity index (χ0v) is 18.9. The third-order valence-electron chi connectivity index (χ3n) is 7.27. The Balaban J connectivity index is 1.33. The molecule has 4 nitrogen and oxygen atoms in total. The van der Waals surface area contributed by atoms with Crippen LogP contribution in [0.4, 0.5) is 13.2 Å². The van der Waals surface area contributed by atoms with E-state index < -0.39 is 17.8 Å². The van der Waals surface area contributed by atoms with Crippen molar-refractivity contribution in [1.82, 2.24) is 9.88 Å². The van der Waals surface area contributed by atoms with Gasteiger partial charge in [0.2, 0.25) is 0 Å². The van der Waals surface area contributed by atoms with E-state index in [2.05, 4.69) is 9.88 Å². The molecule has 2 bridgehead atoms. The first-order valence-corrected chi connectivity index (χ1v) is 11.5. The molecule has 1 unspecified atom stereocenters. The number of benzene rings is 2. The largest absolute Gasteiger partial charge is 0.497 e. The van der Waals surface area contributed by atoms with Crippen molar-refractivity contribution < 1.29 is 23.0 Å². The fourth-order valence-electron chi connectivity index (χ4n) is 5.45. The first-order valence-electron chi connectivity index (χ1n) is 11.5. The first-order chi connectivity index (χ1) is 16.3. The number of aromatic nitrogens is 1. The van der Waals surface area contributed by atoms with Crippen LogP contribution in [0.15, 0.2) is 60.8 Å². The number of methoxy groups -OCH3 is 1. The van der Waals surface area contributed by atoms with E-state index in [0.29, 0.717) is 11.5 Å². The van der Waals surface area contributed by atoms with Gasteiger partial charge in [0.25, 0.3) is 0 Å². The second-order valence-corrected chi connectivity index (χ2v) is 9.22. The van der Waals surface area contributed by atoms with E-state index in [1.165, 1.54) is 12.1 Å². The Morgan fingerprint density at radius 2 is 2.03 bits per heavy atom. The van der Waals surface area contributed by atoms with Crippen LogP contribution < -0.4 is 4.74 Å². The fraction of sp³-hybridized carbons (Fsp3) is 0.370. The summed E-state index contributed by atoms with van der Waals surface area (Å²) < 4.78 is 44.4. The summed E-state index contributed by atoms with van der Waals surface area (Å²) in [6, 6.07) is 13.0. The maximum Gasteiger partial charge on any atom is 0.416 e. The van der Waals surface area contributed by atoms with Crippen molar-refractivity contribution in [2.24, 2.45) is 11.8 Å². The van der Waals surface area contributed by atoms with Crippen molar-refractivity contribution in [3.8, 4) is 5.75 Å². The lowest BCUT2D eigenvalue weighted by molar-refractivity contribution is -0.137. The molecule has 7 heteroatoms. The predicted molar refractivity (Wildman–Crippen MR) is 125 cm³/mol. The number of piperidine rings is 3. The highest BCUT2D eigenvalue weighted by Gasteiger charge is 2.42. The average Bonchev–Trinajstić information content (AvgIpc) is 2.86. The molecule has 3 saturated heterocycles. The Bertz CT molecular complexity index is 1210. The van der Waals surface area contributed by atoms with E-state index in [4.69, 9.17) is 4.74 Å². The Labute approximate surface area is 196 Å². The minimum atomic E-state index is -4.34. The summed E-state index contributed by atoms with van der Waals surface area (Å²) in [5.41, 5.74) is 1.58. The molecule has 3 fully saturated rings. The molecule has 0 amide bonds. The molecule has 0 spiro atoms. The molecule has 1 N–H and O–H groups in total. The minimum Gasteiger partial charge on any atom is -0.497 e. The van der Waals surface area contributed by atoms with Gasteiger partial charge in [-0.05, 0) is 78.7 Å². The SMILES string of the molecule is COc1ccc2nccc([C@H](O)[C@H]3C[C@@H]4CCN3C[C@@H]4/C=C/c3cccc(C(F)(F)F)c3)c2c1. The number of fused-ring (bicyclic) bond motifs is 4. The van der Waals surface area contributed by atoms with Crippen LogP contribution in [0.3, 0.4) is 0 Å². The second kappa shape index (κ2) is 9.04. The van der Waals surface area contributed by atoms with E-state index in [9.17, 15) is 18.3 Å². The van der Waals surface area contributed by atoms with E-state index >= 15 is 0 Å². The summed E-state index contributed by atoms with van der Waals surface area (Å²) in [6.45, 7) is 1.70. The minimum absolute atomic E-state index is 0.00578. The number of pyridine rings is 1. The number of nitrogens with zero attached hydrogens (tertiary/aromatic N) is 2. The molecule has 4 heterocycles. The summed E-state index contributed by atoms with van der Waals surface area (Å²) in [6.07, 6.45) is 2.43. The zero-order chi connectivity index (χ0) is 23.9. The van der Waals surface area contributed by atoms with Crippen LogP contribution >= 0.6 is 0 Å². The van der Waals surface area contributed by atoms with Gasteiger partial charge in [-0.2, -0.15) is 13.2 Å². The van der Waals surface area contributed by atoms with E-state index in [1.54, 1.807) is 25.4 Å². The summed E-state index contributed by atoms with van der Waals surface area (Å²) >= 11 is 0. The van der Waals surface area contributed by atoms with Gasteiger partial charge in [-0.25, -0.2) is 0 Å². The van der Waals surface area contributed by atoms with Crippen LogP contribution in [0.25, 0.3) is 17.0 Å². The number of hydrogen-bond acceptors (Lipinski definition) is 4. The lowest BCUT2D eigenvalue weighted by Gasteiger charge is -2.50. The van der Waals surface area contributed by atoms with E-state index in [0.717, 1.165) is 54.2 Å².